The summed E-state index contributed by atoms with van der Waals surface area (Å²) < 4.78 is 5.18. The van der Waals surface area contributed by atoms with Crippen molar-refractivity contribution < 1.29 is 9.21 Å². The number of hydrogen-bond donors (Lipinski definition) is 0. The van der Waals surface area contributed by atoms with Crippen LogP contribution in [0, 0.1) is 19.8 Å². The summed E-state index contributed by atoms with van der Waals surface area (Å²) >= 11 is 1.72. The Balaban J connectivity index is 1.68. The minimum atomic E-state index is -0.415. The first kappa shape index (κ1) is 29.0. The van der Waals surface area contributed by atoms with Crippen molar-refractivity contribution >= 4 is 23.2 Å². The maximum absolute atomic E-state index is 13.1. The fraction of sp³-hybridized carbons (Fsp3) is 0.500. The summed E-state index contributed by atoms with van der Waals surface area (Å²) in [7, 11) is 0. The van der Waals surface area contributed by atoms with Crippen molar-refractivity contribution in [2.75, 3.05) is 13.1 Å². The molecule has 37 heavy (non-hydrogen) atoms. The molecular weight excluding hydrogens is 478 g/mol. The Morgan fingerprint density at radius 1 is 1.00 bits per heavy atom. The van der Waals surface area contributed by atoms with E-state index in [1.165, 1.54) is 28.3 Å². The van der Waals surface area contributed by atoms with Gasteiger partial charge >= 0.3 is 5.63 Å². The Hall–Kier alpha value is -2.53. The normalized spacial score (nSPS) is 15.7. The van der Waals surface area contributed by atoms with E-state index in [2.05, 4.69) is 78.7 Å². The van der Waals surface area contributed by atoms with Gasteiger partial charge in [-0.3, -0.25) is 4.79 Å². The van der Waals surface area contributed by atoms with Crippen molar-refractivity contribution in [1.29, 1.82) is 0 Å². The highest BCUT2D eigenvalue weighted by Gasteiger charge is 2.28. The first-order valence-corrected chi connectivity index (χ1v) is 14.0. The predicted molar refractivity (Wildman–Crippen MR) is 157 cm³/mol. The summed E-state index contributed by atoms with van der Waals surface area (Å²) in [5.41, 5.74) is 6.15. The van der Waals surface area contributed by atoms with Gasteiger partial charge in [0.1, 0.15) is 5.76 Å². The molecule has 4 nitrogen and oxygen atoms in total. The summed E-state index contributed by atoms with van der Waals surface area (Å²) in [6.45, 7) is 25.0. The molecule has 0 spiro atoms. The average molecular weight is 522 g/mol. The number of carbonyl (C=O) groups is 1. The minimum absolute atomic E-state index is 0.0559. The Bertz CT molecular complexity index is 1200. The van der Waals surface area contributed by atoms with Gasteiger partial charge in [-0.15, -0.1) is 11.8 Å². The predicted octanol–water partition coefficient (Wildman–Crippen LogP) is 8.01. The molecule has 0 bridgehead atoms. The first-order valence-electron chi connectivity index (χ1n) is 13.2. The molecule has 5 heteroatoms. The van der Waals surface area contributed by atoms with Crippen LogP contribution in [0.25, 0.3) is 5.57 Å². The largest absolute Gasteiger partial charge is 0.427 e. The maximum Gasteiger partial charge on any atom is 0.336 e. The van der Waals surface area contributed by atoms with Gasteiger partial charge in [0.25, 0.3) is 5.91 Å². The summed E-state index contributed by atoms with van der Waals surface area (Å²) in [6, 6.07) is 8.39. The van der Waals surface area contributed by atoms with Crippen LogP contribution in [0.3, 0.4) is 0 Å². The Kier molecular flexibility index (Phi) is 8.68. The molecule has 200 valence electrons. The van der Waals surface area contributed by atoms with Gasteiger partial charge in [0.2, 0.25) is 0 Å². The highest BCUT2D eigenvalue weighted by atomic mass is 32.2. The van der Waals surface area contributed by atoms with E-state index in [9.17, 15) is 9.59 Å². The average Bonchev–Trinajstić information content (AvgIpc) is 2.80. The highest BCUT2D eigenvalue weighted by Crippen LogP contribution is 2.36. The summed E-state index contributed by atoms with van der Waals surface area (Å²) in [5, 5.41) is 2.23. The van der Waals surface area contributed by atoms with Crippen LogP contribution in [-0.2, 0) is 10.8 Å². The Labute approximate surface area is 227 Å². The van der Waals surface area contributed by atoms with Gasteiger partial charge in [0.15, 0.2) is 0 Å². The molecule has 1 aliphatic rings. The number of benzene rings is 1. The lowest BCUT2D eigenvalue weighted by molar-refractivity contribution is 0.0699. The van der Waals surface area contributed by atoms with Gasteiger partial charge in [-0.2, -0.15) is 0 Å². The number of carbonyl (C=O) groups excluding carboxylic acids is 1. The topological polar surface area (TPSA) is 50.5 Å². The van der Waals surface area contributed by atoms with Crippen LogP contribution < -0.4 is 5.63 Å². The van der Waals surface area contributed by atoms with E-state index < -0.39 is 5.63 Å². The second-order valence-corrected chi connectivity index (χ2v) is 13.4. The van der Waals surface area contributed by atoms with Crippen LogP contribution in [0.15, 0.2) is 50.4 Å². The zero-order chi connectivity index (χ0) is 27.7. The number of piperidine rings is 1. The van der Waals surface area contributed by atoms with Gasteiger partial charge in [-0.05, 0) is 88.5 Å². The van der Waals surface area contributed by atoms with E-state index in [-0.39, 0.29) is 16.7 Å². The van der Waals surface area contributed by atoms with Crippen molar-refractivity contribution in [3.05, 3.63) is 85.2 Å². The molecule has 0 N–H and O–H groups in total. The van der Waals surface area contributed by atoms with E-state index in [0.29, 0.717) is 35.9 Å². The second-order valence-electron chi connectivity index (χ2n) is 12.4. The second kappa shape index (κ2) is 11.1. The molecule has 1 aliphatic heterocycles. The van der Waals surface area contributed by atoms with Crippen LogP contribution in [0.1, 0.15) is 99.7 Å². The number of likely N-dealkylation sites (tertiary alicyclic amines) is 1. The molecule has 3 rings (SSSR count). The van der Waals surface area contributed by atoms with Gasteiger partial charge in [0, 0.05) is 19.2 Å². The monoisotopic (exact) mass is 521 g/mol. The summed E-state index contributed by atoms with van der Waals surface area (Å²) in [6.07, 6.45) is 1.76. The molecule has 1 fully saturated rings. The van der Waals surface area contributed by atoms with Crippen LogP contribution >= 0.6 is 11.8 Å². The fourth-order valence-electron chi connectivity index (χ4n) is 4.69. The smallest absolute Gasteiger partial charge is 0.336 e. The number of hydrogen-bond acceptors (Lipinski definition) is 4. The van der Waals surface area contributed by atoms with E-state index in [1.807, 2.05) is 4.90 Å². The number of allylic oxidation sites excluding steroid dienone is 2. The van der Waals surface area contributed by atoms with Crippen molar-refractivity contribution in [3.8, 4) is 0 Å². The van der Waals surface area contributed by atoms with Crippen LogP contribution in [0.4, 0.5) is 0 Å². The van der Waals surface area contributed by atoms with Crippen molar-refractivity contribution in [1.82, 2.24) is 4.90 Å². The molecule has 0 aliphatic carbocycles. The number of aryl methyl sites for hydroxylation is 2. The van der Waals surface area contributed by atoms with Crippen LogP contribution in [0.2, 0.25) is 0 Å². The number of nitrogens with zero attached hydrogens (tertiary/aromatic N) is 1. The van der Waals surface area contributed by atoms with Gasteiger partial charge in [-0.25, -0.2) is 4.79 Å². The Morgan fingerprint density at radius 2 is 1.54 bits per heavy atom. The molecule has 0 saturated carbocycles. The molecule has 0 radical (unpaired) electrons. The van der Waals surface area contributed by atoms with E-state index in [1.54, 1.807) is 25.6 Å². The standard InChI is InChI=1S/C32H43NO3S/c1-20-15-28(34)36-22(3)29(20)30(35)33-13-11-24(12-14-33)23(4)37-19-21(2)25-16-26(31(5,6)7)18-27(17-25)32(8,9)10/h15-19,24H,4,11-14H2,1-3,5-10H3/b21-19+. The van der Waals surface area contributed by atoms with E-state index in [0.717, 1.165) is 17.7 Å². The quantitative estimate of drug-likeness (QED) is 0.400. The zero-order valence-corrected chi connectivity index (χ0v) is 24.9. The molecular formula is C32H43NO3S. The summed E-state index contributed by atoms with van der Waals surface area (Å²) in [5.74, 6) is 0.697. The van der Waals surface area contributed by atoms with Crippen LogP contribution in [0.5, 0.6) is 0 Å². The zero-order valence-electron chi connectivity index (χ0n) is 24.1. The van der Waals surface area contributed by atoms with Gasteiger partial charge < -0.3 is 9.32 Å². The van der Waals surface area contributed by atoms with Crippen molar-refractivity contribution in [2.45, 2.75) is 86.0 Å². The maximum atomic E-state index is 13.1. The minimum Gasteiger partial charge on any atom is -0.427 e. The molecule has 2 aromatic rings. The molecule has 1 amide bonds. The van der Waals surface area contributed by atoms with E-state index >= 15 is 0 Å². The van der Waals surface area contributed by atoms with Crippen molar-refractivity contribution in [3.63, 3.8) is 0 Å². The SMILES string of the molecule is C=C(S/C=C(\C)c1cc(C(C)(C)C)cc(C(C)(C)C)c1)C1CCN(C(=O)c2c(C)cc(=O)oc2C)CC1. The summed E-state index contributed by atoms with van der Waals surface area (Å²) in [4.78, 5) is 27.7. The lowest BCUT2D eigenvalue weighted by atomic mass is 9.79. The molecule has 0 unspecified atom stereocenters. The third-order valence-electron chi connectivity index (χ3n) is 7.29. The Morgan fingerprint density at radius 3 is 2.03 bits per heavy atom. The fourth-order valence-corrected chi connectivity index (χ4v) is 5.58. The number of thioether (sulfide) groups is 1. The third-order valence-corrected chi connectivity index (χ3v) is 8.40. The molecule has 1 aromatic heterocycles. The molecule has 0 atom stereocenters. The van der Waals surface area contributed by atoms with Gasteiger partial charge in [0.05, 0.1) is 5.56 Å². The molecule has 1 aromatic carbocycles. The van der Waals surface area contributed by atoms with Crippen molar-refractivity contribution in [2.24, 2.45) is 5.92 Å². The highest BCUT2D eigenvalue weighted by molar-refractivity contribution is 8.06. The lowest BCUT2D eigenvalue weighted by Gasteiger charge is -2.33. The van der Waals surface area contributed by atoms with Crippen LogP contribution in [-0.4, -0.2) is 23.9 Å². The third kappa shape index (κ3) is 7.07. The lowest BCUT2D eigenvalue weighted by Crippen LogP contribution is -2.39. The van der Waals surface area contributed by atoms with E-state index in [4.69, 9.17) is 4.42 Å². The number of amides is 1. The van der Waals surface area contributed by atoms with Gasteiger partial charge in [-0.1, -0.05) is 66.3 Å². The first-order chi connectivity index (χ1) is 17.1. The molecule has 1 saturated heterocycles. The molecule has 2 heterocycles. The number of rotatable bonds is 5.